The first-order valence-electron chi connectivity index (χ1n) is 8.49. The average molecular weight is 382 g/mol. The number of hydrogen-bond donors (Lipinski definition) is 4. The normalized spacial score (nSPS) is 16.8. The Balaban J connectivity index is 1.86. The molecule has 1 fully saturated rings. The highest BCUT2D eigenvalue weighted by molar-refractivity contribution is 6.15. The molecular formula is C21H18O7. The second-order valence-electron chi connectivity index (χ2n) is 6.41. The van der Waals surface area contributed by atoms with Gasteiger partial charge in [-0.3, -0.25) is 10.1 Å². The number of carboxylic acid groups (broad SMARTS) is 1. The van der Waals surface area contributed by atoms with E-state index in [4.69, 9.17) is 10.4 Å². The van der Waals surface area contributed by atoms with Crippen LogP contribution in [0.25, 0.3) is 12.2 Å². The van der Waals surface area contributed by atoms with Gasteiger partial charge in [0.25, 0.3) is 0 Å². The van der Waals surface area contributed by atoms with Gasteiger partial charge in [-0.15, -0.1) is 0 Å². The zero-order chi connectivity index (χ0) is 20.3. The van der Waals surface area contributed by atoms with Crippen LogP contribution < -0.4 is 0 Å². The molecule has 0 amide bonds. The van der Waals surface area contributed by atoms with Gasteiger partial charge < -0.3 is 15.3 Å². The van der Waals surface area contributed by atoms with Crippen LogP contribution in [0.1, 0.15) is 39.9 Å². The minimum absolute atomic E-state index is 0.0175. The third-order valence-corrected chi connectivity index (χ3v) is 4.50. The van der Waals surface area contributed by atoms with Gasteiger partial charge in [-0.2, -0.15) is 0 Å². The molecule has 144 valence electrons. The Morgan fingerprint density at radius 3 is 2.11 bits per heavy atom. The predicted molar refractivity (Wildman–Crippen MR) is 101 cm³/mol. The molecule has 28 heavy (non-hydrogen) atoms. The van der Waals surface area contributed by atoms with Crippen LogP contribution in [-0.4, -0.2) is 32.3 Å². The van der Waals surface area contributed by atoms with E-state index in [0.717, 1.165) is 0 Å². The van der Waals surface area contributed by atoms with Crippen LogP contribution >= 0.6 is 0 Å². The maximum Gasteiger partial charge on any atom is 0.339 e. The number of phenols is 2. The molecule has 0 unspecified atom stereocenters. The summed E-state index contributed by atoms with van der Waals surface area (Å²) in [6.07, 6.45) is 4.37. The Bertz CT molecular complexity index is 1000. The number of hydrogen-bond acceptors (Lipinski definition) is 6. The smallest absolute Gasteiger partial charge is 0.339 e. The van der Waals surface area contributed by atoms with Gasteiger partial charge in [-0.25, -0.2) is 9.68 Å². The third kappa shape index (κ3) is 4.11. The molecule has 0 aliphatic heterocycles. The molecule has 2 aromatic rings. The van der Waals surface area contributed by atoms with Crippen molar-refractivity contribution in [2.75, 3.05) is 0 Å². The lowest BCUT2D eigenvalue weighted by Gasteiger charge is -2.04. The van der Waals surface area contributed by atoms with Gasteiger partial charge in [0, 0.05) is 16.7 Å². The van der Waals surface area contributed by atoms with Crippen molar-refractivity contribution in [2.45, 2.75) is 19.4 Å². The van der Waals surface area contributed by atoms with Crippen LogP contribution in [0.3, 0.4) is 0 Å². The number of carbonyl (C=O) groups excluding carboxylic acids is 1. The van der Waals surface area contributed by atoms with E-state index in [1.807, 2.05) is 0 Å². The Morgan fingerprint density at radius 1 is 0.964 bits per heavy atom. The summed E-state index contributed by atoms with van der Waals surface area (Å²) in [7, 11) is 0. The number of rotatable bonds is 5. The lowest BCUT2D eigenvalue weighted by Crippen LogP contribution is -1.98. The zero-order valence-corrected chi connectivity index (χ0v) is 14.8. The van der Waals surface area contributed by atoms with Crippen molar-refractivity contribution >= 4 is 23.9 Å². The van der Waals surface area contributed by atoms with Gasteiger partial charge >= 0.3 is 5.97 Å². The SMILES string of the molecule is O=C1/C(=C/c2ccc(O)c(COO)c2)CC/C1=C\c1ccc(O)c(C(=O)O)c1. The van der Waals surface area contributed by atoms with Crippen molar-refractivity contribution in [1.82, 2.24) is 0 Å². The standard InChI is InChI=1S/C21H18O7/c22-18-5-1-12(9-16(18)11-28-27)7-14-3-4-15(20(14)24)8-13-2-6-19(23)17(10-13)21(25)26/h1-2,5-10,22-23,27H,3-4,11H2,(H,25,26)/b14-7+,15-8+. The predicted octanol–water partition coefficient (Wildman–Crippen LogP) is 3.62. The molecule has 7 heteroatoms. The van der Waals surface area contributed by atoms with Crippen LogP contribution in [0.5, 0.6) is 11.5 Å². The minimum Gasteiger partial charge on any atom is -0.508 e. The van der Waals surface area contributed by atoms with Gasteiger partial charge in [-0.05, 0) is 60.4 Å². The topological polar surface area (TPSA) is 124 Å². The quantitative estimate of drug-likeness (QED) is 0.354. The van der Waals surface area contributed by atoms with Crippen LogP contribution in [0.4, 0.5) is 0 Å². The van der Waals surface area contributed by atoms with Crippen molar-refractivity contribution in [2.24, 2.45) is 0 Å². The van der Waals surface area contributed by atoms with E-state index in [1.54, 1.807) is 30.4 Å². The second kappa shape index (κ2) is 8.08. The van der Waals surface area contributed by atoms with E-state index in [2.05, 4.69) is 4.89 Å². The molecular weight excluding hydrogens is 364 g/mol. The molecule has 0 atom stereocenters. The fraction of sp³-hybridized carbons (Fsp3) is 0.143. The van der Waals surface area contributed by atoms with Crippen LogP contribution in [-0.2, 0) is 16.3 Å². The number of carboxylic acids is 1. The number of ketones is 1. The Kier molecular flexibility index (Phi) is 5.58. The first-order valence-corrected chi connectivity index (χ1v) is 8.49. The zero-order valence-electron chi connectivity index (χ0n) is 14.8. The van der Waals surface area contributed by atoms with Gasteiger partial charge in [0.1, 0.15) is 23.7 Å². The van der Waals surface area contributed by atoms with E-state index in [-0.39, 0.29) is 29.5 Å². The maximum absolute atomic E-state index is 12.7. The maximum atomic E-state index is 12.7. The molecule has 4 N–H and O–H groups in total. The molecule has 7 nitrogen and oxygen atoms in total. The molecule has 1 aliphatic rings. The summed E-state index contributed by atoms with van der Waals surface area (Å²) in [4.78, 5) is 27.8. The van der Waals surface area contributed by atoms with Crippen molar-refractivity contribution in [1.29, 1.82) is 0 Å². The molecule has 1 saturated carbocycles. The van der Waals surface area contributed by atoms with E-state index < -0.39 is 5.97 Å². The number of aromatic hydroxyl groups is 2. The molecule has 2 aromatic carbocycles. The van der Waals surface area contributed by atoms with Crippen molar-refractivity contribution < 1.29 is 35.1 Å². The van der Waals surface area contributed by atoms with E-state index in [1.165, 1.54) is 18.2 Å². The monoisotopic (exact) mass is 382 g/mol. The number of allylic oxidation sites excluding steroid dienone is 2. The van der Waals surface area contributed by atoms with Crippen molar-refractivity contribution in [3.8, 4) is 11.5 Å². The minimum atomic E-state index is -1.24. The van der Waals surface area contributed by atoms with Crippen LogP contribution in [0.2, 0.25) is 0 Å². The fourth-order valence-corrected chi connectivity index (χ4v) is 3.08. The van der Waals surface area contributed by atoms with Crippen molar-refractivity contribution in [3.05, 3.63) is 69.8 Å². The Labute approximate surface area is 160 Å². The summed E-state index contributed by atoms with van der Waals surface area (Å²) in [5.41, 5.74) is 2.51. The first-order chi connectivity index (χ1) is 13.4. The summed E-state index contributed by atoms with van der Waals surface area (Å²) >= 11 is 0. The Hall–Kier alpha value is -3.42. The third-order valence-electron chi connectivity index (χ3n) is 4.50. The summed E-state index contributed by atoms with van der Waals surface area (Å²) in [5.74, 6) is -1.73. The highest BCUT2D eigenvalue weighted by Crippen LogP contribution is 2.31. The van der Waals surface area contributed by atoms with Crippen LogP contribution in [0, 0.1) is 0 Å². The Morgan fingerprint density at radius 2 is 1.54 bits per heavy atom. The fourth-order valence-electron chi connectivity index (χ4n) is 3.08. The number of carbonyl (C=O) groups is 2. The highest BCUT2D eigenvalue weighted by atomic mass is 17.1. The lowest BCUT2D eigenvalue weighted by atomic mass is 10.0. The summed E-state index contributed by atoms with van der Waals surface area (Å²) in [6.45, 7) is -0.172. The number of aromatic carboxylic acids is 1. The van der Waals surface area contributed by atoms with E-state index >= 15 is 0 Å². The van der Waals surface area contributed by atoms with Gasteiger partial charge in [0.15, 0.2) is 5.78 Å². The molecule has 0 aromatic heterocycles. The summed E-state index contributed by atoms with van der Waals surface area (Å²) < 4.78 is 0. The second-order valence-corrected chi connectivity index (χ2v) is 6.41. The first kappa shape index (κ1) is 19.3. The lowest BCUT2D eigenvalue weighted by molar-refractivity contribution is -0.253. The average Bonchev–Trinajstić information content (AvgIpc) is 2.99. The molecule has 1 aliphatic carbocycles. The summed E-state index contributed by atoms with van der Waals surface area (Å²) in [6, 6.07) is 8.88. The highest BCUT2D eigenvalue weighted by Gasteiger charge is 2.23. The molecule has 3 rings (SSSR count). The van der Waals surface area contributed by atoms with Gasteiger partial charge in [0.2, 0.25) is 0 Å². The van der Waals surface area contributed by atoms with Gasteiger partial charge in [0.05, 0.1) is 0 Å². The largest absolute Gasteiger partial charge is 0.508 e. The van der Waals surface area contributed by atoms with E-state index in [9.17, 15) is 19.8 Å². The molecule has 0 radical (unpaired) electrons. The van der Waals surface area contributed by atoms with Crippen molar-refractivity contribution in [3.63, 3.8) is 0 Å². The molecule has 0 spiro atoms. The van der Waals surface area contributed by atoms with Crippen LogP contribution in [0.15, 0.2) is 47.5 Å². The summed E-state index contributed by atoms with van der Waals surface area (Å²) in [5, 5.41) is 37.0. The molecule has 0 bridgehead atoms. The number of phenolic OH excluding ortho intramolecular Hbond substituents is 1. The van der Waals surface area contributed by atoms with Gasteiger partial charge in [-0.1, -0.05) is 12.1 Å². The van der Waals surface area contributed by atoms with E-state index in [0.29, 0.717) is 40.7 Å². The number of Topliss-reactive ketones (excluding diaryl/α,β-unsaturated/α-hetero) is 1. The number of benzene rings is 2. The molecule has 0 heterocycles. The molecule has 0 saturated heterocycles.